The van der Waals surface area contributed by atoms with Gasteiger partial charge >= 0.3 is 0 Å². The van der Waals surface area contributed by atoms with Crippen LogP contribution in [-0.2, 0) is 16.9 Å². The van der Waals surface area contributed by atoms with E-state index in [0.717, 1.165) is 5.56 Å². The standard InChI is InChI=1S/C24H20ClNO4/c1-30-18-9-6-8-16(13-18)22(27)14-24(29)19-10-3-5-12-21(19)26(23(24)28)15-17-7-2-4-11-20(17)25/h2-13,29H,14-15H2,1H3. The minimum absolute atomic E-state index is 0.200. The number of amides is 1. The van der Waals surface area contributed by atoms with Crippen molar-refractivity contribution < 1.29 is 19.4 Å². The van der Waals surface area contributed by atoms with Crippen molar-refractivity contribution >= 4 is 29.0 Å². The summed E-state index contributed by atoms with van der Waals surface area (Å²) in [4.78, 5) is 27.8. The van der Waals surface area contributed by atoms with E-state index in [2.05, 4.69) is 0 Å². The Hall–Kier alpha value is -3.15. The minimum atomic E-state index is -1.95. The van der Waals surface area contributed by atoms with Crippen LogP contribution in [0.25, 0.3) is 0 Å². The Morgan fingerprint density at radius 3 is 2.57 bits per heavy atom. The van der Waals surface area contributed by atoms with E-state index in [1.165, 1.54) is 12.0 Å². The molecule has 3 aromatic rings. The number of ketones is 1. The zero-order valence-corrected chi connectivity index (χ0v) is 17.1. The molecule has 0 fully saturated rings. The maximum atomic E-state index is 13.3. The Morgan fingerprint density at radius 2 is 1.80 bits per heavy atom. The van der Waals surface area contributed by atoms with Gasteiger partial charge < -0.3 is 14.7 Å². The van der Waals surface area contributed by atoms with Gasteiger partial charge in [0.25, 0.3) is 5.91 Å². The monoisotopic (exact) mass is 421 g/mol. The fourth-order valence-electron chi connectivity index (χ4n) is 3.76. The molecule has 3 aromatic carbocycles. The molecule has 0 bridgehead atoms. The van der Waals surface area contributed by atoms with Crippen molar-refractivity contribution in [1.29, 1.82) is 0 Å². The van der Waals surface area contributed by atoms with Gasteiger partial charge in [-0.05, 0) is 29.8 Å². The van der Waals surface area contributed by atoms with E-state index in [9.17, 15) is 14.7 Å². The predicted molar refractivity (Wildman–Crippen MR) is 115 cm³/mol. The average Bonchev–Trinajstić information content (AvgIpc) is 2.97. The molecule has 0 aliphatic carbocycles. The highest BCUT2D eigenvalue weighted by molar-refractivity contribution is 6.31. The van der Waals surface area contributed by atoms with Gasteiger partial charge in [0.05, 0.1) is 25.8 Å². The highest BCUT2D eigenvalue weighted by atomic mass is 35.5. The van der Waals surface area contributed by atoms with Crippen molar-refractivity contribution in [2.24, 2.45) is 0 Å². The number of hydrogen-bond acceptors (Lipinski definition) is 4. The van der Waals surface area contributed by atoms with Gasteiger partial charge in [0.2, 0.25) is 0 Å². The Bertz CT molecular complexity index is 1130. The smallest absolute Gasteiger partial charge is 0.264 e. The van der Waals surface area contributed by atoms with Crippen LogP contribution >= 0.6 is 11.6 Å². The number of anilines is 1. The lowest BCUT2D eigenvalue weighted by molar-refractivity contribution is -0.136. The van der Waals surface area contributed by atoms with Crippen LogP contribution in [0.4, 0.5) is 5.69 Å². The quantitative estimate of drug-likeness (QED) is 0.601. The molecule has 1 aliphatic rings. The second-order valence-corrected chi connectivity index (χ2v) is 7.60. The number of hydrogen-bond donors (Lipinski definition) is 1. The van der Waals surface area contributed by atoms with E-state index >= 15 is 0 Å². The molecule has 0 saturated heterocycles. The van der Waals surface area contributed by atoms with Gasteiger partial charge in [0.1, 0.15) is 5.75 Å². The zero-order chi connectivity index (χ0) is 21.3. The summed E-state index contributed by atoms with van der Waals surface area (Å²) in [5, 5.41) is 11.9. The number of rotatable bonds is 6. The third kappa shape index (κ3) is 3.47. The molecule has 1 unspecified atom stereocenters. The van der Waals surface area contributed by atoms with Gasteiger partial charge in [0, 0.05) is 16.1 Å². The molecule has 1 atom stereocenters. The second kappa shape index (κ2) is 7.94. The molecule has 0 spiro atoms. The summed E-state index contributed by atoms with van der Waals surface area (Å²) in [6.45, 7) is 0.200. The molecule has 30 heavy (non-hydrogen) atoms. The molecule has 4 rings (SSSR count). The fraction of sp³-hybridized carbons (Fsp3) is 0.167. The predicted octanol–water partition coefficient (Wildman–Crippen LogP) is 4.36. The number of ether oxygens (including phenoxy) is 1. The topological polar surface area (TPSA) is 66.8 Å². The second-order valence-electron chi connectivity index (χ2n) is 7.19. The Labute approximate surface area is 179 Å². The lowest BCUT2D eigenvalue weighted by atomic mass is 9.88. The molecule has 152 valence electrons. The molecule has 0 aromatic heterocycles. The first kappa shape index (κ1) is 20.1. The minimum Gasteiger partial charge on any atom is -0.497 e. The van der Waals surface area contributed by atoms with Crippen molar-refractivity contribution in [3.63, 3.8) is 0 Å². The van der Waals surface area contributed by atoms with Crippen LogP contribution in [-0.4, -0.2) is 23.9 Å². The van der Waals surface area contributed by atoms with Crippen LogP contribution in [0.2, 0.25) is 5.02 Å². The third-order valence-electron chi connectivity index (χ3n) is 5.33. The highest BCUT2D eigenvalue weighted by Crippen LogP contribution is 2.44. The number of para-hydroxylation sites is 1. The molecule has 6 heteroatoms. The van der Waals surface area contributed by atoms with E-state index in [1.54, 1.807) is 54.6 Å². The molecule has 0 saturated carbocycles. The van der Waals surface area contributed by atoms with Crippen molar-refractivity contribution in [1.82, 2.24) is 0 Å². The number of Topliss-reactive ketones (excluding diaryl/α,β-unsaturated/α-hetero) is 1. The number of methoxy groups -OCH3 is 1. The number of carbonyl (C=O) groups is 2. The van der Waals surface area contributed by atoms with E-state index in [1.807, 2.05) is 18.2 Å². The van der Waals surface area contributed by atoms with Gasteiger partial charge in [0.15, 0.2) is 11.4 Å². The molecule has 1 aliphatic heterocycles. The molecular formula is C24H20ClNO4. The summed E-state index contributed by atoms with van der Waals surface area (Å²) < 4.78 is 5.17. The molecule has 5 nitrogen and oxygen atoms in total. The van der Waals surface area contributed by atoms with Crippen LogP contribution in [0, 0.1) is 0 Å². The normalized spacial score (nSPS) is 17.7. The maximum absolute atomic E-state index is 13.3. The lowest BCUT2D eigenvalue weighted by Gasteiger charge is -2.23. The van der Waals surface area contributed by atoms with Gasteiger partial charge in [-0.3, -0.25) is 9.59 Å². The first-order chi connectivity index (χ1) is 14.4. The molecule has 0 radical (unpaired) electrons. The zero-order valence-electron chi connectivity index (χ0n) is 16.3. The number of fused-ring (bicyclic) bond motifs is 1. The van der Waals surface area contributed by atoms with Crippen LogP contribution in [0.3, 0.4) is 0 Å². The Balaban J connectivity index is 1.68. The molecule has 1 heterocycles. The van der Waals surface area contributed by atoms with Crippen LogP contribution in [0.5, 0.6) is 5.75 Å². The van der Waals surface area contributed by atoms with E-state index in [-0.39, 0.29) is 18.7 Å². The number of carbonyl (C=O) groups excluding carboxylic acids is 2. The van der Waals surface area contributed by atoms with E-state index in [4.69, 9.17) is 16.3 Å². The SMILES string of the molecule is COc1cccc(C(=O)CC2(O)C(=O)N(Cc3ccccc3Cl)c3ccccc32)c1. The molecule has 1 N–H and O–H groups in total. The van der Waals surface area contributed by atoms with Gasteiger partial charge in [-0.15, -0.1) is 0 Å². The first-order valence-electron chi connectivity index (χ1n) is 9.48. The van der Waals surface area contributed by atoms with Gasteiger partial charge in [-0.1, -0.05) is 60.1 Å². The Kier molecular flexibility index (Phi) is 5.33. The summed E-state index contributed by atoms with van der Waals surface area (Å²) in [7, 11) is 1.51. The number of aliphatic hydroxyl groups is 1. The van der Waals surface area contributed by atoms with Gasteiger partial charge in [-0.25, -0.2) is 0 Å². The van der Waals surface area contributed by atoms with Crippen LogP contribution < -0.4 is 9.64 Å². The average molecular weight is 422 g/mol. The van der Waals surface area contributed by atoms with Crippen molar-refractivity contribution in [3.8, 4) is 5.75 Å². The number of benzene rings is 3. The third-order valence-corrected chi connectivity index (χ3v) is 5.70. The summed E-state index contributed by atoms with van der Waals surface area (Å²) in [6.07, 6.45) is -0.366. The van der Waals surface area contributed by atoms with E-state index in [0.29, 0.717) is 27.6 Å². The lowest BCUT2D eigenvalue weighted by Crippen LogP contribution is -2.41. The maximum Gasteiger partial charge on any atom is 0.264 e. The number of halogens is 1. The van der Waals surface area contributed by atoms with Crippen molar-refractivity contribution in [2.75, 3.05) is 12.0 Å². The summed E-state index contributed by atoms with van der Waals surface area (Å²) in [6, 6.07) is 20.9. The van der Waals surface area contributed by atoms with Gasteiger partial charge in [-0.2, -0.15) is 0 Å². The van der Waals surface area contributed by atoms with Crippen LogP contribution in [0.1, 0.15) is 27.9 Å². The summed E-state index contributed by atoms with van der Waals surface area (Å²) in [5.41, 5.74) is 0.169. The molecule has 1 amide bonds. The van der Waals surface area contributed by atoms with Crippen LogP contribution in [0.15, 0.2) is 72.8 Å². The Morgan fingerprint density at radius 1 is 1.07 bits per heavy atom. The number of nitrogens with zero attached hydrogens (tertiary/aromatic N) is 1. The first-order valence-corrected chi connectivity index (χ1v) is 9.86. The summed E-state index contributed by atoms with van der Waals surface area (Å²) >= 11 is 6.28. The largest absolute Gasteiger partial charge is 0.497 e. The van der Waals surface area contributed by atoms with Crippen molar-refractivity contribution in [2.45, 2.75) is 18.6 Å². The molecular weight excluding hydrogens is 402 g/mol. The summed E-state index contributed by atoms with van der Waals surface area (Å²) in [5.74, 6) is -0.356. The highest BCUT2D eigenvalue weighted by Gasteiger charge is 2.50. The van der Waals surface area contributed by atoms with Crippen molar-refractivity contribution in [3.05, 3.63) is 94.5 Å². The van der Waals surface area contributed by atoms with E-state index < -0.39 is 11.5 Å². The fourth-order valence-corrected chi connectivity index (χ4v) is 3.96.